The first-order valence-electron chi connectivity index (χ1n) is 5.99. The molecule has 0 fully saturated rings. The van der Waals surface area contributed by atoms with Crippen molar-refractivity contribution in [3.63, 3.8) is 0 Å². The molecule has 5 nitrogen and oxygen atoms in total. The number of para-hydroxylation sites is 1. The Bertz CT molecular complexity index is 624. The number of anilines is 1. The van der Waals surface area contributed by atoms with Crippen molar-refractivity contribution < 1.29 is 9.90 Å². The van der Waals surface area contributed by atoms with E-state index in [1.165, 1.54) is 10.7 Å². The Labute approximate surface area is 111 Å². The molecule has 0 bridgehead atoms. The van der Waals surface area contributed by atoms with Crippen LogP contribution in [-0.4, -0.2) is 20.9 Å². The highest BCUT2D eigenvalue weighted by Gasteiger charge is 2.20. The Balaban J connectivity index is 2.59. The van der Waals surface area contributed by atoms with E-state index in [1.807, 2.05) is 26.8 Å². The van der Waals surface area contributed by atoms with E-state index in [2.05, 4.69) is 5.10 Å². The van der Waals surface area contributed by atoms with E-state index in [-0.39, 0.29) is 11.0 Å². The molecular weight excluding hydrogens is 242 g/mol. The Hall–Kier alpha value is -2.30. The van der Waals surface area contributed by atoms with Gasteiger partial charge in [-0.05, 0) is 18.2 Å². The number of carbonyl (C=O) groups is 1. The quantitative estimate of drug-likeness (QED) is 0.812. The maximum atomic E-state index is 11.3. The third-order valence-corrected chi connectivity index (χ3v) is 2.88. The van der Waals surface area contributed by atoms with Crippen LogP contribution in [0.2, 0.25) is 0 Å². The average Bonchev–Trinajstić information content (AvgIpc) is 2.77. The van der Waals surface area contributed by atoms with Crippen molar-refractivity contribution >= 4 is 11.7 Å². The number of nitrogens with two attached hydrogens (primary N) is 1. The minimum absolute atomic E-state index is 0.0990. The molecule has 0 amide bonds. The van der Waals surface area contributed by atoms with E-state index in [1.54, 1.807) is 18.3 Å². The molecule has 5 heteroatoms. The van der Waals surface area contributed by atoms with Crippen LogP contribution in [0.25, 0.3) is 5.69 Å². The molecule has 0 saturated carbocycles. The number of carboxylic acid groups (broad SMARTS) is 1. The molecule has 1 aromatic carbocycles. The summed E-state index contributed by atoms with van der Waals surface area (Å²) in [7, 11) is 0. The van der Waals surface area contributed by atoms with Gasteiger partial charge in [-0.25, -0.2) is 9.48 Å². The number of rotatable bonds is 2. The summed E-state index contributed by atoms with van der Waals surface area (Å²) in [6.07, 6.45) is 1.73. The fraction of sp³-hybridized carbons (Fsp3) is 0.286. The minimum Gasteiger partial charge on any atom is -0.478 e. The Kier molecular flexibility index (Phi) is 3.06. The first kappa shape index (κ1) is 13.1. The normalized spacial score (nSPS) is 11.5. The van der Waals surface area contributed by atoms with Gasteiger partial charge in [-0.2, -0.15) is 5.10 Å². The molecule has 0 spiro atoms. The Morgan fingerprint density at radius 1 is 1.32 bits per heavy atom. The van der Waals surface area contributed by atoms with Crippen LogP contribution in [0.15, 0.2) is 30.5 Å². The average molecular weight is 259 g/mol. The lowest BCUT2D eigenvalue weighted by atomic mass is 9.93. The van der Waals surface area contributed by atoms with Crippen LogP contribution in [0.5, 0.6) is 0 Å². The van der Waals surface area contributed by atoms with Crippen LogP contribution in [0.4, 0.5) is 5.69 Å². The number of hydrogen-bond donors (Lipinski definition) is 2. The Morgan fingerprint density at radius 3 is 2.53 bits per heavy atom. The lowest BCUT2D eigenvalue weighted by Gasteiger charge is -2.15. The van der Waals surface area contributed by atoms with E-state index in [0.717, 1.165) is 5.69 Å². The predicted octanol–water partition coefficient (Wildman–Crippen LogP) is 2.45. The van der Waals surface area contributed by atoms with Crippen molar-refractivity contribution in [1.82, 2.24) is 9.78 Å². The zero-order chi connectivity index (χ0) is 14.2. The summed E-state index contributed by atoms with van der Waals surface area (Å²) in [4.78, 5) is 11.3. The van der Waals surface area contributed by atoms with Gasteiger partial charge in [0.15, 0.2) is 0 Å². The van der Waals surface area contributed by atoms with Crippen LogP contribution in [0.1, 0.15) is 36.8 Å². The highest BCUT2D eigenvalue weighted by atomic mass is 16.4. The van der Waals surface area contributed by atoms with Gasteiger partial charge < -0.3 is 10.8 Å². The summed E-state index contributed by atoms with van der Waals surface area (Å²) in [5, 5.41) is 13.7. The second-order valence-electron chi connectivity index (χ2n) is 5.44. The summed E-state index contributed by atoms with van der Waals surface area (Å²) in [6, 6.07) is 6.68. The van der Waals surface area contributed by atoms with E-state index < -0.39 is 5.97 Å². The van der Waals surface area contributed by atoms with Crippen molar-refractivity contribution in [3.05, 3.63) is 41.7 Å². The molecule has 0 aliphatic heterocycles. The largest absolute Gasteiger partial charge is 0.478 e. The predicted molar refractivity (Wildman–Crippen MR) is 73.6 cm³/mol. The van der Waals surface area contributed by atoms with E-state index >= 15 is 0 Å². The molecule has 3 N–H and O–H groups in total. The van der Waals surface area contributed by atoms with Gasteiger partial charge in [0, 0.05) is 11.6 Å². The fourth-order valence-corrected chi connectivity index (χ4v) is 1.84. The molecule has 1 heterocycles. The molecule has 19 heavy (non-hydrogen) atoms. The summed E-state index contributed by atoms with van der Waals surface area (Å²) >= 11 is 0. The number of aromatic nitrogens is 2. The SMILES string of the molecule is CC(C)(C)c1ccn(-c2c(N)cccc2C(=O)O)n1. The maximum absolute atomic E-state index is 11.3. The second kappa shape index (κ2) is 4.42. The van der Waals surface area contributed by atoms with Gasteiger partial charge >= 0.3 is 5.97 Å². The first-order valence-corrected chi connectivity index (χ1v) is 5.99. The second-order valence-corrected chi connectivity index (χ2v) is 5.44. The number of nitrogens with zero attached hydrogens (tertiary/aromatic N) is 2. The standard InChI is InChI=1S/C14H17N3O2/c1-14(2,3)11-7-8-17(16-11)12-9(13(18)19)5-4-6-10(12)15/h4-8H,15H2,1-3H3,(H,18,19). The highest BCUT2D eigenvalue weighted by Crippen LogP contribution is 2.25. The van der Waals surface area contributed by atoms with E-state index in [9.17, 15) is 9.90 Å². The van der Waals surface area contributed by atoms with E-state index in [4.69, 9.17) is 5.73 Å². The topological polar surface area (TPSA) is 81.1 Å². The molecule has 0 unspecified atom stereocenters. The third-order valence-electron chi connectivity index (χ3n) is 2.88. The number of carboxylic acids is 1. The van der Waals surface area contributed by atoms with Gasteiger partial charge in [0.25, 0.3) is 0 Å². The zero-order valence-corrected chi connectivity index (χ0v) is 11.2. The third kappa shape index (κ3) is 2.45. The molecular formula is C14H17N3O2. The van der Waals surface area contributed by atoms with Crippen LogP contribution >= 0.6 is 0 Å². The van der Waals surface area contributed by atoms with Crippen molar-refractivity contribution in [1.29, 1.82) is 0 Å². The van der Waals surface area contributed by atoms with Crippen LogP contribution in [0.3, 0.4) is 0 Å². The van der Waals surface area contributed by atoms with E-state index in [0.29, 0.717) is 11.4 Å². The molecule has 2 rings (SSSR count). The lowest BCUT2D eigenvalue weighted by Crippen LogP contribution is -2.14. The van der Waals surface area contributed by atoms with Crippen LogP contribution in [0, 0.1) is 0 Å². The molecule has 0 saturated heterocycles. The number of benzene rings is 1. The zero-order valence-electron chi connectivity index (χ0n) is 11.2. The number of hydrogen-bond acceptors (Lipinski definition) is 3. The molecule has 0 aliphatic rings. The van der Waals surface area contributed by atoms with Crippen molar-refractivity contribution in [2.75, 3.05) is 5.73 Å². The Morgan fingerprint density at radius 2 is 2.00 bits per heavy atom. The minimum atomic E-state index is -1.02. The molecule has 0 aliphatic carbocycles. The monoisotopic (exact) mass is 259 g/mol. The van der Waals surface area contributed by atoms with Crippen molar-refractivity contribution in [2.24, 2.45) is 0 Å². The lowest BCUT2D eigenvalue weighted by molar-refractivity contribution is 0.0697. The van der Waals surface area contributed by atoms with Gasteiger partial charge in [-0.1, -0.05) is 26.8 Å². The summed E-state index contributed by atoms with van der Waals surface area (Å²) < 4.78 is 1.53. The van der Waals surface area contributed by atoms with Gasteiger partial charge in [-0.15, -0.1) is 0 Å². The van der Waals surface area contributed by atoms with Crippen molar-refractivity contribution in [2.45, 2.75) is 26.2 Å². The summed E-state index contributed by atoms with van der Waals surface area (Å²) in [6.45, 7) is 6.14. The molecule has 1 aromatic heterocycles. The molecule has 0 atom stereocenters. The smallest absolute Gasteiger partial charge is 0.337 e. The van der Waals surface area contributed by atoms with Gasteiger partial charge in [0.05, 0.1) is 16.9 Å². The van der Waals surface area contributed by atoms with Gasteiger partial charge in [0.1, 0.15) is 5.69 Å². The van der Waals surface area contributed by atoms with Crippen LogP contribution in [-0.2, 0) is 5.41 Å². The summed E-state index contributed by atoms with van der Waals surface area (Å²) in [5.74, 6) is -1.02. The number of nitrogen functional groups attached to an aromatic ring is 1. The number of aromatic carboxylic acids is 1. The van der Waals surface area contributed by atoms with Gasteiger partial charge in [0.2, 0.25) is 0 Å². The fourth-order valence-electron chi connectivity index (χ4n) is 1.84. The first-order chi connectivity index (χ1) is 8.80. The van der Waals surface area contributed by atoms with Crippen molar-refractivity contribution in [3.8, 4) is 5.69 Å². The molecule has 2 aromatic rings. The van der Waals surface area contributed by atoms with Gasteiger partial charge in [-0.3, -0.25) is 0 Å². The highest BCUT2D eigenvalue weighted by molar-refractivity contribution is 5.94. The van der Waals surface area contributed by atoms with Crippen LogP contribution < -0.4 is 5.73 Å². The molecule has 0 radical (unpaired) electrons. The molecule has 100 valence electrons. The summed E-state index contributed by atoms with van der Waals surface area (Å²) in [5.41, 5.74) is 7.61. The maximum Gasteiger partial charge on any atom is 0.337 e.